The average Bonchev–Trinajstić information content (AvgIpc) is 3.34. The normalized spacial score (nSPS) is 13.0. The first kappa shape index (κ1) is 19.4. The van der Waals surface area contributed by atoms with E-state index < -0.39 is 0 Å². The average molecular weight is 416 g/mol. The minimum absolute atomic E-state index is 0.304. The van der Waals surface area contributed by atoms with Crippen LogP contribution in [0.5, 0.6) is 0 Å². The first-order valence-corrected chi connectivity index (χ1v) is 12.1. The molecule has 0 saturated carbocycles. The molecule has 4 aromatic carbocycles. The number of aromatic nitrogens is 1. The van der Waals surface area contributed by atoms with Gasteiger partial charge in [-0.3, -0.25) is 0 Å². The van der Waals surface area contributed by atoms with Gasteiger partial charge in [-0.1, -0.05) is 99.0 Å². The zero-order valence-corrected chi connectivity index (χ0v) is 18.7. The van der Waals surface area contributed by atoms with Crippen molar-refractivity contribution >= 4 is 21.8 Å². The Morgan fingerprint density at radius 1 is 0.625 bits per heavy atom. The van der Waals surface area contributed by atoms with Crippen LogP contribution in [-0.2, 0) is 6.54 Å². The van der Waals surface area contributed by atoms with Crippen LogP contribution in [0.3, 0.4) is 0 Å². The standard InChI is InChI=1S/C31H29N/c1-2-3-4-11-20-32-29-17-10-9-14-25(29)28-21-22(18-19-30(28)32)31-26-15-7-5-12-23(26)24-13-6-8-16-27(24)31/h5-10,12-19,21,31H,2-4,11,20H2,1H3. The van der Waals surface area contributed by atoms with Crippen molar-refractivity contribution in [1.82, 2.24) is 4.57 Å². The van der Waals surface area contributed by atoms with E-state index in [9.17, 15) is 0 Å². The number of hydrogen-bond acceptors (Lipinski definition) is 0. The summed E-state index contributed by atoms with van der Waals surface area (Å²) < 4.78 is 2.54. The molecule has 0 fully saturated rings. The van der Waals surface area contributed by atoms with E-state index in [2.05, 4.69) is 102 Å². The molecular formula is C31H29N. The summed E-state index contributed by atoms with van der Waals surface area (Å²) in [5.74, 6) is 0.304. The van der Waals surface area contributed by atoms with Crippen molar-refractivity contribution < 1.29 is 0 Å². The van der Waals surface area contributed by atoms with Crippen LogP contribution in [0.15, 0.2) is 91.0 Å². The highest BCUT2D eigenvalue weighted by molar-refractivity contribution is 6.08. The number of fused-ring (bicyclic) bond motifs is 6. The van der Waals surface area contributed by atoms with E-state index >= 15 is 0 Å². The number of nitrogens with zero attached hydrogens (tertiary/aromatic N) is 1. The van der Waals surface area contributed by atoms with Crippen LogP contribution >= 0.6 is 0 Å². The van der Waals surface area contributed by atoms with Gasteiger partial charge in [0.2, 0.25) is 0 Å². The van der Waals surface area contributed by atoms with E-state index in [0.29, 0.717) is 5.92 Å². The van der Waals surface area contributed by atoms with Crippen molar-refractivity contribution in [3.8, 4) is 11.1 Å². The molecule has 0 N–H and O–H groups in total. The van der Waals surface area contributed by atoms with E-state index in [1.807, 2.05) is 0 Å². The summed E-state index contributed by atoms with van der Waals surface area (Å²) in [6, 6.07) is 34.0. The zero-order valence-electron chi connectivity index (χ0n) is 18.7. The summed E-state index contributed by atoms with van der Waals surface area (Å²) in [6.45, 7) is 3.37. The minimum atomic E-state index is 0.304. The Kier molecular flexibility index (Phi) is 4.83. The largest absolute Gasteiger partial charge is 0.340 e. The molecule has 1 aliphatic carbocycles. The lowest BCUT2D eigenvalue weighted by Crippen LogP contribution is -2.00. The summed E-state index contributed by atoms with van der Waals surface area (Å²) in [6.07, 6.45) is 5.15. The van der Waals surface area contributed by atoms with Gasteiger partial charge in [-0.15, -0.1) is 0 Å². The lowest BCUT2D eigenvalue weighted by Gasteiger charge is -2.15. The number of hydrogen-bond donors (Lipinski definition) is 0. The molecule has 0 aliphatic heterocycles. The van der Waals surface area contributed by atoms with Crippen molar-refractivity contribution in [1.29, 1.82) is 0 Å². The number of para-hydroxylation sites is 1. The monoisotopic (exact) mass is 415 g/mol. The van der Waals surface area contributed by atoms with Gasteiger partial charge in [-0.05, 0) is 52.4 Å². The molecule has 1 aromatic heterocycles. The molecule has 0 saturated heterocycles. The Labute approximate surface area is 190 Å². The number of benzene rings is 4. The van der Waals surface area contributed by atoms with Crippen LogP contribution in [-0.4, -0.2) is 4.57 Å². The summed E-state index contributed by atoms with van der Waals surface area (Å²) in [7, 11) is 0. The van der Waals surface area contributed by atoms with Crippen molar-refractivity contribution in [3.63, 3.8) is 0 Å². The molecule has 1 nitrogen and oxygen atoms in total. The van der Waals surface area contributed by atoms with Gasteiger partial charge in [0.05, 0.1) is 0 Å². The van der Waals surface area contributed by atoms with Crippen molar-refractivity contribution in [2.24, 2.45) is 0 Å². The van der Waals surface area contributed by atoms with Gasteiger partial charge in [0.25, 0.3) is 0 Å². The van der Waals surface area contributed by atoms with Gasteiger partial charge in [0.1, 0.15) is 0 Å². The maximum absolute atomic E-state index is 2.54. The van der Waals surface area contributed by atoms with Gasteiger partial charge >= 0.3 is 0 Å². The van der Waals surface area contributed by atoms with E-state index in [0.717, 1.165) is 6.54 Å². The Bertz CT molecular complexity index is 1380. The second-order valence-corrected chi connectivity index (χ2v) is 9.11. The number of rotatable bonds is 6. The first-order valence-electron chi connectivity index (χ1n) is 12.1. The minimum Gasteiger partial charge on any atom is -0.340 e. The van der Waals surface area contributed by atoms with Crippen LogP contribution in [0.4, 0.5) is 0 Å². The van der Waals surface area contributed by atoms with Crippen LogP contribution in [0.1, 0.15) is 55.2 Å². The third-order valence-corrected chi connectivity index (χ3v) is 7.20. The molecule has 6 rings (SSSR count). The maximum atomic E-state index is 2.54. The van der Waals surface area contributed by atoms with Crippen molar-refractivity contribution in [2.75, 3.05) is 0 Å². The van der Waals surface area contributed by atoms with E-state index in [1.54, 1.807) is 0 Å². The van der Waals surface area contributed by atoms with Gasteiger partial charge in [-0.25, -0.2) is 0 Å². The Balaban J connectivity index is 1.50. The molecule has 158 valence electrons. The van der Waals surface area contributed by atoms with Gasteiger partial charge < -0.3 is 4.57 Å². The number of aryl methyl sites for hydroxylation is 1. The second-order valence-electron chi connectivity index (χ2n) is 9.11. The molecule has 1 heteroatoms. The lowest BCUT2D eigenvalue weighted by molar-refractivity contribution is 0.602. The first-order chi connectivity index (χ1) is 15.9. The Morgan fingerprint density at radius 3 is 2.03 bits per heavy atom. The molecule has 0 atom stereocenters. The van der Waals surface area contributed by atoms with Crippen LogP contribution in [0.25, 0.3) is 32.9 Å². The molecular weight excluding hydrogens is 386 g/mol. The molecule has 32 heavy (non-hydrogen) atoms. The quantitative estimate of drug-likeness (QED) is 0.240. The Hall–Kier alpha value is -3.32. The topological polar surface area (TPSA) is 4.93 Å². The molecule has 1 aliphatic rings. The summed E-state index contributed by atoms with van der Waals surface area (Å²) in [5.41, 5.74) is 9.74. The highest BCUT2D eigenvalue weighted by Crippen LogP contribution is 2.48. The highest BCUT2D eigenvalue weighted by Gasteiger charge is 2.29. The summed E-state index contributed by atoms with van der Waals surface area (Å²) in [5, 5.41) is 2.76. The fourth-order valence-corrected chi connectivity index (χ4v) is 5.70. The van der Waals surface area contributed by atoms with Gasteiger partial charge in [-0.2, -0.15) is 0 Å². The van der Waals surface area contributed by atoms with Gasteiger partial charge in [0, 0.05) is 34.3 Å². The third kappa shape index (κ3) is 2.99. The smallest absolute Gasteiger partial charge is 0.0491 e. The summed E-state index contributed by atoms with van der Waals surface area (Å²) >= 11 is 0. The molecule has 0 amide bonds. The predicted molar refractivity (Wildman–Crippen MR) is 136 cm³/mol. The van der Waals surface area contributed by atoms with E-state index in [4.69, 9.17) is 0 Å². The maximum Gasteiger partial charge on any atom is 0.0491 e. The molecule has 0 bridgehead atoms. The van der Waals surface area contributed by atoms with Crippen LogP contribution in [0, 0.1) is 0 Å². The zero-order chi connectivity index (χ0) is 21.5. The van der Waals surface area contributed by atoms with E-state index in [-0.39, 0.29) is 0 Å². The molecule has 1 heterocycles. The molecule has 0 radical (unpaired) electrons. The Morgan fingerprint density at radius 2 is 1.28 bits per heavy atom. The number of unbranched alkanes of at least 4 members (excludes halogenated alkanes) is 3. The van der Waals surface area contributed by atoms with Gasteiger partial charge in [0.15, 0.2) is 0 Å². The fourth-order valence-electron chi connectivity index (χ4n) is 5.70. The molecule has 0 spiro atoms. The van der Waals surface area contributed by atoms with Crippen molar-refractivity contribution in [2.45, 2.75) is 45.1 Å². The van der Waals surface area contributed by atoms with Crippen LogP contribution < -0.4 is 0 Å². The molecule has 5 aromatic rings. The SMILES string of the molecule is CCCCCCn1c2ccccc2c2cc(C3c4ccccc4-c4ccccc43)ccc21. The third-order valence-electron chi connectivity index (χ3n) is 7.20. The summed E-state index contributed by atoms with van der Waals surface area (Å²) in [4.78, 5) is 0. The molecule has 0 unspecified atom stereocenters. The second kappa shape index (κ2) is 7.98. The van der Waals surface area contributed by atoms with Crippen LogP contribution in [0.2, 0.25) is 0 Å². The lowest BCUT2D eigenvalue weighted by atomic mass is 9.88. The predicted octanol–water partition coefficient (Wildman–Crippen LogP) is 8.54. The highest BCUT2D eigenvalue weighted by atomic mass is 15.0. The van der Waals surface area contributed by atoms with E-state index in [1.165, 1.54) is 75.3 Å². The van der Waals surface area contributed by atoms with Crippen molar-refractivity contribution in [3.05, 3.63) is 108 Å². The fraction of sp³-hybridized carbons (Fsp3) is 0.226.